The standard InChI is InChI=1S/C21H24FN5S/c1-24-12-13-26(19(14-24)16-8-4-3-5-9-16)15-27-21(28)25(2)20(23-27)17-10-6-7-11-18(17)22/h3-11,19H,12-15H2,1-2H3. The van der Waals surface area contributed by atoms with Gasteiger partial charge in [0, 0.05) is 32.7 Å². The van der Waals surface area contributed by atoms with Crippen LogP contribution >= 0.6 is 12.2 Å². The molecule has 0 radical (unpaired) electrons. The molecule has 1 fully saturated rings. The van der Waals surface area contributed by atoms with Crippen molar-refractivity contribution in [2.45, 2.75) is 12.7 Å². The Hall–Kier alpha value is -2.35. The van der Waals surface area contributed by atoms with Gasteiger partial charge in [0.1, 0.15) is 5.82 Å². The van der Waals surface area contributed by atoms with Crippen LogP contribution in [0, 0.1) is 10.6 Å². The van der Waals surface area contributed by atoms with E-state index in [1.54, 1.807) is 21.4 Å². The summed E-state index contributed by atoms with van der Waals surface area (Å²) >= 11 is 5.61. The Morgan fingerprint density at radius 2 is 1.75 bits per heavy atom. The molecule has 0 aliphatic carbocycles. The molecule has 5 nitrogen and oxygen atoms in total. The summed E-state index contributed by atoms with van der Waals surface area (Å²) in [5.41, 5.74) is 1.75. The summed E-state index contributed by atoms with van der Waals surface area (Å²) in [6, 6.07) is 17.5. The lowest BCUT2D eigenvalue weighted by atomic mass is 10.0. The number of rotatable bonds is 4. The number of nitrogens with zero attached hydrogens (tertiary/aromatic N) is 5. The molecule has 28 heavy (non-hydrogen) atoms. The average molecular weight is 398 g/mol. The second-order valence-electron chi connectivity index (χ2n) is 7.29. The minimum Gasteiger partial charge on any atom is -0.303 e. The summed E-state index contributed by atoms with van der Waals surface area (Å²) in [5.74, 6) is 0.257. The number of aromatic nitrogens is 3. The topological polar surface area (TPSA) is 29.2 Å². The van der Waals surface area contributed by atoms with Crippen LogP contribution in [0.4, 0.5) is 4.39 Å². The van der Waals surface area contributed by atoms with E-state index in [9.17, 15) is 4.39 Å². The van der Waals surface area contributed by atoms with Gasteiger partial charge in [-0.2, -0.15) is 5.10 Å². The third kappa shape index (κ3) is 3.65. The van der Waals surface area contributed by atoms with Gasteiger partial charge in [-0.15, -0.1) is 0 Å². The zero-order valence-corrected chi connectivity index (χ0v) is 16.9. The Morgan fingerprint density at radius 3 is 2.50 bits per heavy atom. The van der Waals surface area contributed by atoms with Gasteiger partial charge >= 0.3 is 0 Å². The van der Waals surface area contributed by atoms with Gasteiger partial charge in [-0.05, 0) is 37.0 Å². The van der Waals surface area contributed by atoms with E-state index in [1.807, 2.05) is 19.2 Å². The first-order valence-electron chi connectivity index (χ1n) is 9.41. The molecule has 1 saturated heterocycles. The quantitative estimate of drug-likeness (QED) is 0.628. The molecule has 3 aromatic rings. The lowest BCUT2D eigenvalue weighted by molar-refractivity contribution is 0.0583. The van der Waals surface area contributed by atoms with E-state index in [2.05, 4.69) is 46.2 Å². The molecular weight excluding hydrogens is 373 g/mol. The van der Waals surface area contributed by atoms with E-state index in [-0.39, 0.29) is 11.9 Å². The van der Waals surface area contributed by atoms with Crippen molar-refractivity contribution in [3.05, 3.63) is 70.7 Å². The van der Waals surface area contributed by atoms with Crippen molar-refractivity contribution in [1.82, 2.24) is 24.1 Å². The highest BCUT2D eigenvalue weighted by Gasteiger charge is 2.27. The summed E-state index contributed by atoms with van der Waals surface area (Å²) in [6.45, 7) is 3.44. The van der Waals surface area contributed by atoms with Gasteiger partial charge in [0.05, 0.1) is 12.2 Å². The highest BCUT2D eigenvalue weighted by molar-refractivity contribution is 7.71. The third-order valence-electron chi connectivity index (χ3n) is 5.35. The predicted molar refractivity (Wildman–Crippen MR) is 111 cm³/mol. The summed E-state index contributed by atoms with van der Waals surface area (Å²) < 4.78 is 18.4. The van der Waals surface area contributed by atoms with E-state index < -0.39 is 0 Å². The largest absolute Gasteiger partial charge is 0.303 e. The van der Waals surface area contributed by atoms with Crippen molar-refractivity contribution >= 4 is 12.2 Å². The molecule has 1 aromatic heterocycles. The zero-order chi connectivity index (χ0) is 19.7. The van der Waals surface area contributed by atoms with E-state index in [0.717, 1.165) is 19.6 Å². The zero-order valence-electron chi connectivity index (χ0n) is 16.1. The third-order valence-corrected chi connectivity index (χ3v) is 5.83. The van der Waals surface area contributed by atoms with Crippen LogP contribution in [0.2, 0.25) is 0 Å². The second-order valence-corrected chi connectivity index (χ2v) is 7.65. The predicted octanol–water partition coefficient (Wildman–Crippen LogP) is 3.70. The van der Waals surface area contributed by atoms with Gasteiger partial charge in [0.25, 0.3) is 0 Å². The smallest absolute Gasteiger partial charge is 0.199 e. The van der Waals surface area contributed by atoms with Gasteiger partial charge in [0.15, 0.2) is 10.6 Å². The van der Waals surface area contributed by atoms with Crippen LogP contribution in [0.15, 0.2) is 54.6 Å². The molecule has 1 unspecified atom stereocenters. The van der Waals surface area contributed by atoms with Crippen LogP contribution in [0.25, 0.3) is 11.4 Å². The molecule has 0 bridgehead atoms. The van der Waals surface area contributed by atoms with Gasteiger partial charge < -0.3 is 9.47 Å². The molecular formula is C21H24FN5S. The van der Waals surface area contributed by atoms with Crippen LogP contribution in [-0.4, -0.2) is 50.8 Å². The summed E-state index contributed by atoms with van der Waals surface area (Å²) in [5, 5.41) is 4.66. The number of hydrogen-bond donors (Lipinski definition) is 0. The van der Waals surface area contributed by atoms with Crippen molar-refractivity contribution in [3.63, 3.8) is 0 Å². The number of piperazine rings is 1. The fourth-order valence-corrected chi connectivity index (χ4v) is 3.93. The Bertz CT molecular complexity index is 1010. The first kappa shape index (κ1) is 19.0. The molecule has 146 valence electrons. The lowest BCUT2D eigenvalue weighted by Crippen LogP contribution is -2.47. The van der Waals surface area contributed by atoms with E-state index in [0.29, 0.717) is 22.8 Å². The second kappa shape index (κ2) is 7.95. The molecule has 2 aromatic carbocycles. The molecule has 4 rings (SSSR count). The average Bonchev–Trinajstić information content (AvgIpc) is 2.99. The Morgan fingerprint density at radius 1 is 1.04 bits per heavy atom. The van der Waals surface area contributed by atoms with Crippen LogP contribution in [-0.2, 0) is 13.7 Å². The highest BCUT2D eigenvalue weighted by Crippen LogP contribution is 2.26. The molecule has 2 heterocycles. The lowest BCUT2D eigenvalue weighted by Gasteiger charge is -2.40. The molecule has 7 heteroatoms. The van der Waals surface area contributed by atoms with Gasteiger partial charge in [0.2, 0.25) is 0 Å². The van der Waals surface area contributed by atoms with Crippen molar-refractivity contribution in [1.29, 1.82) is 0 Å². The highest BCUT2D eigenvalue weighted by atomic mass is 32.1. The fraction of sp³-hybridized carbons (Fsp3) is 0.333. The molecule has 0 spiro atoms. The van der Waals surface area contributed by atoms with Gasteiger partial charge in [-0.1, -0.05) is 42.5 Å². The van der Waals surface area contributed by atoms with Gasteiger partial charge in [-0.25, -0.2) is 9.07 Å². The number of benzene rings is 2. The van der Waals surface area contributed by atoms with Crippen LogP contribution < -0.4 is 0 Å². The molecule has 1 atom stereocenters. The molecule has 1 aliphatic rings. The van der Waals surface area contributed by atoms with Crippen molar-refractivity contribution in [3.8, 4) is 11.4 Å². The van der Waals surface area contributed by atoms with Crippen LogP contribution in [0.5, 0.6) is 0 Å². The molecule has 0 saturated carbocycles. The Kier molecular flexibility index (Phi) is 5.39. The number of halogens is 1. The maximum absolute atomic E-state index is 14.3. The normalized spacial score (nSPS) is 18.5. The fourth-order valence-electron chi connectivity index (χ4n) is 3.75. The number of likely N-dealkylation sites (N-methyl/N-ethyl adjacent to an activating group) is 1. The van der Waals surface area contributed by atoms with E-state index in [4.69, 9.17) is 12.2 Å². The molecule has 0 amide bonds. The summed E-state index contributed by atoms with van der Waals surface area (Å²) in [6.07, 6.45) is 0. The first-order chi connectivity index (χ1) is 13.5. The van der Waals surface area contributed by atoms with E-state index >= 15 is 0 Å². The first-order valence-corrected chi connectivity index (χ1v) is 9.81. The monoisotopic (exact) mass is 397 g/mol. The maximum atomic E-state index is 14.3. The van der Waals surface area contributed by atoms with Crippen molar-refractivity contribution in [2.75, 3.05) is 26.7 Å². The maximum Gasteiger partial charge on any atom is 0.199 e. The SMILES string of the molecule is CN1CCN(Cn2nc(-c3ccccc3F)n(C)c2=S)C(c2ccccc2)C1. The summed E-state index contributed by atoms with van der Waals surface area (Å²) in [4.78, 5) is 4.74. The summed E-state index contributed by atoms with van der Waals surface area (Å²) in [7, 11) is 3.99. The molecule has 1 aliphatic heterocycles. The van der Waals surface area contributed by atoms with Gasteiger partial charge in [-0.3, -0.25) is 4.90 Å². The van der Waals surface area contributed by atoms with E-state index in [1.165, 1.54) is 11.6 Å². The van der Waals surface area contributed by atoms with Crippen molar-refractivity contribution in [2.24, 2.45) is 7.05 Å². The minimum atomic E-state index is -0.292. The van der Waals surface area contributed by atoms with Crippen molar-refractivity contribution < 1.29 is 4.39 Å². The minimum absolute atomic E-state index is 0.265. The number of hydrogen-bond acceptors (Lipinski definition) is 4. The Balaban J connectivity index is 1.66. The van der Waals surface area contributed by atoms with Crippen LogP contribution in [0.3, 0.4) is 0 Å². The van der Waals surface area contributed by atoms with Crippen LogP contribution in [0.1, 0.15) is 11.6 Å². The Labute approximate surface area is 169 Å². The molecule has 0 N–H and O–H groups in total.